The van der Waals surface area contributed by atoms with Crippen LogP contribution in [0.3, 0.4) is 0 Å². The highest BCUT2D eigenvalue weighted by molar-refractivity contribution is 5.36. The Morgan fingerprint density at radius 2 is 1.78 bits per heavy atom. The Balaban J connectivity index is 2.21. The lowest BCUT2D eigenvalue weighted by Gasteiger charge is -2.27. The quantitative estimate of drug-likeness (QED) is 0.880. The summed E-state index contributed by atoms with van der Waals surface area (Å²) in [5.41, 5.74) is -0.490. The van der Waals surface area contributed by atoms with Crippen LogP contribution in [0.2, 0.25) is 0 Å². The third kappa shape index (κ3) is 3.16. The van der Waals surface area contributed by atoms with Crippen LogP contribution in [-0.2, 0) is 12.7 Å². The van der Waals surface area contributed by atoms with Crippen molar-refractivity contribution < 1.29 is 18.3 Å². The van der Waals surface area contributed by atoms with E-state index in [2.05, 4.69) is 0 Å². The first-order valence-corrected chi connectivity index (χ1v) is 6.08. The number of benzene rings is 1. The van der Waals surface area contributed by atoms with Gasteiger partial charge < -0.3 is 5.11 Å². The molecule has 0 radical (unpaired) electrons. The molecule has 2 nitrogen and oxygen atoms in total. The van der Waals surface area contributed by atoms with Crippen molar-refractivity contribution in [3.05, 3.63) is 29.3 Å². The Morgan fingerprint density at radius 3 is 2.39 bits per heavy atom. The molecule has 0 saturated carbocycles. The molecule has 1 saturated heterocycles. The SMILES string of the molecule is Oc1ccc(CN2CCCCC2)c(C(F)(F)F)c1. The van der Waals surface area contributed by atoms with E-state index in [1.165, 1.54) is 12.1 Å². The Kier molecular flexibility index (Phi) is 3.80. The molecule has 100 valence electrons. The summed E-state index contributed by atoms with van der Waals surface area (Å²) >= 11 is 0. The van der Waals surface area contributed by atoms with E-state index in [-0.39, 0.29) is 11.3 Å². The fourth-order valence-corrected chi connectivity index (χ4v) is 2.32. The predicted octanol–water partition coefficient (Wildman–Crippen LogP) is 3.40. The van der Waals surface area contributed by atoms with E-state index < -0.39 is 11.7 Å². The number of halogens is 3. The monoisotopic (exact) mass is 259 g/mol. The number of phenols is 1. The predicted molar refractivity (Wildman–Crippen MR) is 62.2 cm³/mol. The fourth-order valence-electron chi connectivity index (χ4n) is 2.32. The molecular formula is C13H16F3NO. The van der Waals surface area contributed by atoms with E-state index in [9.17, 15) is 18.3 Å². The van der Waals surface area contributed by atoms with Crippen LogP contribution in [0.1, 0.15) is 30.4 Å². The maximum absolute atomic E-state index is 12.9. The zero-order valence-corrected chi connectivity index (χ0v) is 10.0. The van der Waals surface area contributed by atoms with E-state index >= 15 is 0 Å². The highest BCUT2D eigenvalue weighted by Crippen LogP contribution is 2.34. The number of nitrogens with zero attached hydrogens (tertiary/aromatic N) is 1. The van der Waals surface area contributed by atoms with Crippen LogP contribution in [0.4, 0.5) is 13.2 Å². The molecule has 1 aliphatic heterocycles. The molecule has 0 spiro atoms. The molecule has 1 aliphatic rings. The van der Waals surface area contributed by atoms with Gasteiger partial charge in [0.25, 0.3) is 0 Å². The summed E-state index contributed by atoms with van der Waals surface area (Å²) in [7, 11) is 0. The van der Waals surface area contributed by atoms with Gasteiger partial charge in [-0.15, -0.1) is 0 Å². The maximum Gasteiger partial charge on any atom is 0.416 e. The molecule has 0 unspecified atom stereocenters. The summed E-state index contributed by atoms with van der Waals surface area (Å²) in [6.07, 6.45) is -1.18. The lowest BCUT2D eigenvalue weighted by molar-refractivity contribution is -0.138. The second kappa shape index (κ2) is 5.18. The number of phenolic OH excluding ortho intramolecular Hbond substituents is 1. The maximum atomic E-state index is 12.9. The van der Waals surface area contributed by atoms with Crippen molar-refractivity contribution in [3.8, 4) is 5.75 Å². The summed E-state index contributed by atoms with van der Waals surface area (Å²) < 4.78 is 38.6. The molecule has 1 fully saturated rings. The van der Waals surface area contributed by atoms with Gasteiger partial charge in [0.15, 0.2) is 0 Å². The largest absolute Gasteiger partial charge is 0.508 e. The molecule has 18 heavy (non-hydrogen) atoms. The van der Waals surface area contributed by atoms with Crippen molar-refractivity contribution in [2.75, 3.05) is 13.1 Å². The summed E-state index contributed by atoms with van der Waals surface area (Å²) in [5, 5.41) is 9.19. The fraction of sp³-hybridized carbons (Fsp3) is 0.538. The standard InChI is InChI=1S/C13H16F3NO/c14-13(15,16)12-8-11(18)5-4-10(12)9-17-6-2-1-3-7-17/h4-5,8,18H,1-3,6-7,9H2. The third-order valence-electron chi connectivity index (χ3n) is 3.24. The highest BCUT2D eigenvalue weighted by atomic mass is 19.4. The summed E-state index contributed by atoms with van der Waals surface area (Å²) in [6, 6.07) is 3.49. The minimum atomic E-state index is -4.41. The Bertz CT molecular complexity index is 411. The molecule has 1 aromatic rings. The first-order valence-electron chi connectivity index (χ1n) is 6.08. The van der Waals surface area contributed by atoms with E-state index in [1.54, 1.807) is 0 Å². The van der Waals surface area contributed by atoms with Gasteiger partial charge in [-0.2, -0.15) is 13.2 Å². The van der Waals surface area contributed by atoms with Crippen molar-refractivity contribution >= 4 is 0 Å². The molecule has 0 bridgehead atoms. The van der Waals surface area contributed by atoms with Gasteiger partial charge >= 0.3 is 6.18 Å². The topological polar surface area (TPSA) is 23.5 Å². The Morgan fingerprint density at radius 1 is 1.11 bits per heavy atom. The summed E-state index contributed by atoms with van der Waals surface area (Å²) in [4.78, 5) is 2.03. The van der Waals surface area contributed by atoms with Gasteiger partial charge in [0, 0.05) is 6.54 Å². The number of aromatic hydroxyl groups is 1. The van der Waals surface area contributed by atoms with Gasteiger partial charge in [0.2, 0.25) is 0 Å². The number of rotatable bonds is 2. The van der Waals surface area contributed by atoms with Crippen molar-refractivity contribution in [3.63, 3.8) is 0 Å². The number of alkyl halides is 3. The average molecular weight is 259 g/mol. The van der Waals surface area contributed by atoms with E-state index in [0.717, 1.165) is 38.4 Å². The average Bonchev–Trinajstić information content (AvgIpc) is 2.31. The minimum Gasteiger partial charge on any atom is -0.508 e. The number of likely N-dealkylation sites (tertiary alicyclic amines) is 1. The molecule has 1 N–H and O–H groups in total. The van der Waals surface area contributed by atoms with Crippen molar-refractivity contribution in [1.82, 2.24) is 4.90 Å². The molecule has 0 aromatic heterocycles. The molecule has 0 aliphatic carbocycles. The van der Waals surface area contributed by atoms with Crippen LogP contribution in [0.15, 0.2) is 18.2 Å². The molecule has 1 heterocycles. The van der Waals surface area contributed by atoms with Gasteiger partial charge in [-0.1, -0.05) is 12.5 Å². The zero-order chi connectivity index (χ0) is 13.2. The lowest BCUT2D eigenvalue weighted by Crippen LogP contribution is -2.30. The third-order valence-corrected chi connectivity index (χ3v) is 3.24. The Hall–Kier alpha value is -1.23. The number of hydrogen-bond acceptors (Lipinski definition) is 2. The van der Waals surface area contributed by atoms with Crippen LogP contribution >= 0.6 is 0 Å². The Labute approximate surface area is 104 Å². The molecule has 0 amide bonds. The van der Waals surface area contributed by atoms with Crippen molar-refractivity contribution in [2.45, 2.75) is 32.0 Å². The van der Waals surface area contributed by atoms with E-state index in [1.807, 2.05) is 4.90 Å². The molecule has 5 heteroatoms. The molecular weight excluding hydrogens is 243 g/mol. The van der Waals surface area contributed by atoms with Crippen LogP contribution in [0.25, 0.3) is 0 Å². The molecule has 0 atom stereocenters. The second-order valence-corrected chi connectivity index (χ2v) is 4.68. The summed E-state index contributed by atoms with van der Waals surface area (Å²) in [6.45, 7) is 1.99. The number of piperidine rings is 1. The normalized spacial score (nSPS) is 17.9. The summed E-state index contributed by atoms with van der Waals surface area (Å²) in [5.74, 6) is -0.343. The smallest absolute Gasteiger partial charge is 0.416 e. The minimum absolute atomic E-state index is 0.238. The highest BCUT2D eigenvalue weighted by Gasteiger charge is 2.34. The van der Waals surface area contributed by atoms with Gasteiger partial charge in [-0.05, 0) is 43.6 Å². The van der Waals surface area contributed by atoms with Crippen LogP contribution in [0.5, 0.6) is 5.75 Å². The van der Waals surface area contributed by atoms with Gasteiger partial charge in [0.05, 0.1) is 5.56 Å². The van der Waals surface area contributed by atoms with Crippen LogP contribution in [-0.4, -0.2) is 23.1 Å². The first kappa shape index (κ1) is 13.2. The van der Waals surface area contributed by atoms with Crippen molar-refractivity contribution in [2.24, 2.45) is 0 Å². The van der Waals surface area contributed by atoms with E-state index in [4.69, 9.17) is 0 Å². The van der Waals surface area contributed by atoms with Crippen molar-refractivity contribution in [1.29, 1.82) is 0 Å². The lowest BCUT2D eigenvalue weighted by atomic mass is 10.0. The zero-order valence-electron chi connectivity index (χ0n) is 10.0. The van der Waals surface area contributed by atoms with Crippen LogP contribution < -0.4 is 0 Å². The second-order valence-electron chi connectivity index (χ2n) is 4.68. The van der Waals surface area contributed by atoms with Crippen LogP contribution in [0, 0.1) is 0 Å². The van der Waals surface area contributed by atoms with Gasteiger partial charge in [-0.25, -0.2) is 0 Å². The van der Waals surface area contributed by atoms with Gasteiger partial charge in [-0.3, -0.25) is 4.90 Å². The number of hydrogen-bond donors (Lipinski definition) is 1. The molecule has 2 rings (SSSR count). The van der Waals surface area contributed by atoms with Gasteiger partial charge in [0.1, 0.15) is 5.75 Å². The first-order chi connectivity index (χ1) is 8.47. The van der Waals surface area contributed by atoms with E-state index in [0.29, 0.717) is 6.54 Å². The molecule has 1 aromatic carbocycles.